The minimum atomic E-state index is -4.32. The zero-order chi connectivity index (χ0) is 23.8. The van der Waals surface area contributed by atoms with Gasteiger partial charge in [0.1, 0.15) is 11.9 Å². The van der Waals surface area contributed by atoms with Gasteiger partial charge in [0.2, 0.25) is 21.8 Å². The molecule has 4 N–H and O–H groups in total. The van der Waals surface area contributed by atoms with E-state index in [1.807, 2.05) is 6.92 Å². The molecule has 0 aliphatic rings. The number of halogens is 2. The Morgan fingerprint density at radius 3 is 2.59 bits per heavy atom. The molecule has 1 aromatic heterocycles. The molecule has 12 heteroatoms. The number of nitrogens with zero attached hydrogens (tertiary/aromatic N) is 1. The van der Waals surface area contributed by atoms with Gasteiger partial charge in [-0.1, -0.05) is 28.9 Å². The minimum absolute atomic E-state index is 0.0701. The summed E-state index contributed by atoms with van der Waals surface area (Å²) in [5.41, 5.74) is 6.97. The van der Waals surface area contributed by atoms with Crippen LogP contribution in [0.1, 0.15) is 51.8 Å². The quantitative estimate of drug-likeness (QED) is 0.384. The van der Waals surface area contributed by atoms with Gasteiger partial charge in [-0.25, -0.2) is 17.9 Å². The standard InChI is InChI=1S/C20H20BrFN4O4S2/c1-9-4-6-14(22)16(10(9)2)11(3)17(19-24-25-20(31)30-19)26-32(28,29)15-7-5-12(21)8-13(15)18(23)27/h4-8,11,17,26H,1-3H3,(H2,23,27)(H,25,31). The first kappa shape index (κ1) is 24.2. The fourth-order valence-corrected chi connectivity index (χ4v) is 5.39. The highest BCUT2D eigenvalue weighted by Gasteiger charge is 2.34. The molecule has 1 amide bonds. The Labute approximate surface area is 197 Å². The van der Waals surface area contributed by atoms with Crippen molar-refractivity contribution < 1.29 is 22.0 Å². The Morgan fingerprint density at radius 2 is 2.00 bits per heavy atom. The fourth-order valence-electron chi connectivity index (χ4n) is 3.43. The second-order valence-electron chi connectivity index (χ2n) is 7.25. The van der Waals surface area contributed by atoms with E-state index in [1.165, 1.54) is 24.3 Å². The molecule has 8 nitrogen and oxygen atoms in total. The van der Waals surface area contributed by atoms with Crippen molar-refractivity contribution in [1.29, 1.82) is 0 Å². The summed E-state index contributed by atoms with van der Waals surface area (Å²) in [6.07, 6.45) is 0. The molecule has 0 saturated heterocycles. The van der Waals surface area contributed by atoms with Crippen LogP contribution >= 0.6 is 28.1 Å². The van der Waals surface area contributed by atoms with Crippen molar-refractivity contribution in [2.75, 3.05) is 0 Å². The van der Waals surface area contributed by atoms with Crippen LogP contribution in [0.4, 0.5) is 4.39 Å². The highest BCUT2D eigenvalue weighted by atomic mass is 79.9. The summed E-state index contributed by atoms with van der Waals surface area (Å²) in [4.78, 5) is 11.5. The molecule has 2 aromatic carbocycles. The maximum atomic E-state index is 14.8. The molecule has 0 spiro atoms. The van der Waals surface area contributed by atoms with Crippen LogP contribution in [0.15, 0.2) is 44.1 Å². The number of carbonyl (C=O) groups is 1. The molecular formula is C20H20BrFN4O4S2. The summed E-state index contributed by atoms with van der Waals surface area (Å²) in [6, 6.07) is 5.82. The largest absolute Gasteiger partial charge is 0.412 e. The van der Waals surface area contributed by atoms with Crippen LogP contribution in [0.5, 0.6) is 0 Å². The van der Waals surface area contributed by atoms with Gasteiger partial charge in [-0.05, 0) is 67.0 Å². The van der Waals surface area contributed by atoms with Crippen LogP contribution in [0.25, 0.3) is 0 Å². The third-order valence-electron chi connectivity index (χ3n) is 5.19. The van der Waals surface area contributed by atoms with E-state index in [0.29, 0.717) is 15.6 Å². The summed E-state index contributed by atoms with van der Waals surface area (Å²) in [7, 11) is -4.32. The smallest absolute Gasteiger partial charge is 0.284 e. The van der Waals surface area contributed by atoms with Crippen molar-refractivity contribution in [3.8, 4) is 0 Å². The van der Waals surface area contributed by atoms with Crippen LogP contribution in [0.3, 0.4) is 0 Å². The number of aryl methyl sites for hydroxylation is 1. The number of amides is 1. The van der Waals surface area contributed by atoms with Crippen molar-refractivity contribution in [1.82, 2.24) is 14.9 Å². The van der Waals surface area contributed by atoms with E-state index >= 15 is 0 Å². The molecule has 2 atom stereocenters. The average Bonchev–Trinajstić information content (AvgIpc) is 3.15. The van der Waals surface area contributed by atoms with Gasteiger partial charge in [-0.15, -0.1) is 5.10 Å². The zero-order valence-electron chi connectivity index (χ0n) is 17.3. The number of hydrogen-bond acceptors (Lipinski definition) is 6. The molecule has 0 fully saturated rings. The number of benzene rings is 2. The van der Waals surface area contributed by atoms with E-state index in [0.717, 1.165) is 5.56 Å². The van der Waals surface area contributed by atoms with Crippen LogP contribution < -0.4 is 10.5 Å². The second kappa shape index (κ2) is 9.22. The summed E-state index contributed by atoms with van der Waals surface area (Å²) in [5, 5.41) is 6.40. The van der Waals surface area contributed by atoms with E-state index in [2.05, 4.69) is 30.8 Å². The molecular weight excluding hydrogens is 523 g/mol. The number of nitrogens with two attached hydrogens (primary N) is 1. The Bertz CT molecular complexity index is 1350. The van der Waals surface area contributed by atoms with Crippen LogP contribution in [-0.2, 0) is 10.0 Å². The van der Waals surface area contributed by atoms with Gasteiger partial charge in [0.25, 0.3) is 4.84 Å². The molecule has 1 heterocycles. The van der Waals surface area contributed by atoms with E-state index in [9.17, 15) is 17.6 Å². The SMILES string of the molecule is Cc1ccc(F)c(C(C)C(NS(=O)(=O)c2ccc(Br)cc2C(N)=O)c2n[nH]c(=S)o2)c1C. The molecule has 170 valence electrons. The van der Waals surface area contributed by atoms with Gasteiger partial charge in [0.15, 0.2) is 0 Å². The van der Waals surface area contributed by atoms with Gasteiger partial charge in [0, 0.05) is 10.4 Å². The number of aromatic amines is 1. The van der Waals surface area contributed by atoms with Gasteiger partial charge in [-0.3, -0.25) is 4.79 Å². The van der Waals surface area contributed by atoms with Gasteiger partial charge in [-0.2, -0.15) is 4.72 Å². The predicted octanol–water partition coefficient (Wildman–Crippen LogP) is 4.17. The number of hydrogen-bond donors (Lipinski definition) is 3. The number of aromatic nitrogens is 2. The van der Waals surface area contributed by atoms with Crippen LogP contribution in [0, 0.1) is 24.5 Å². The molecule has 0 bridgehead atoms. The number of sulfonamides is 1. The fraction of sp³-hybridized carbons (Fsp3) is 0.250. The molecule has 0 aliphatic heterocycles. The van der Waals surface area contributed by atoms with Crippen LogP contribution in [0.2, 0.25) is 0 Å². The predicted molar refractivity (Wildman–Crippen MR) is 122 cm³/mol. The molecule has 0 saturated carbocycles. The number of rotatable bonds is 7. The van der Waals surface area contributed by atoms with Crippen molar-refractivity contribution in [2.45, 2.75) is 37.6 Å². The summed E-state index contributed by atoms with van der Waals surface area (Å²) >= 11 is 8.12. The molecule has 0 radical (unpaired) electrons. The number of carbonyl (C=O) groups excluding carboxylic acids is 1. The molecule has 32 heavy (non-hydrogen) atoms. The summed E-state index contributed by atoms with van der Waals surface area (Å²) < 4.78 is 49.7. The topological polar surface area (TPSA) is 131 Å². The third kappa shape index (κ3) is 4.82. The first-order valence-corrected chi connectivity index (χ1v) is 12.0. The first-order chi connectivity index (χ1) is 14.9. The Morgan fingerprint density at radius 1 is 1.31 bits per heavy atom. The maximum absolute atomic E-state index is 14.8. The van der Waals surface area contributed by atoms with E-state index in [-0.39, 0.29) is 21.2 Å². The van der Waals surface area contributed by atoms with Gasteiger partial charge < -0.3 is 10.2 Å². The maximum Gasteiger partial charge on any atom is 0.284 e. The van der Waals surface area contributed by atoms with E-state index in [1.54, 1.807) is 19.9 Å². The van der Waals surface area contributed by atoms with Crippen molar-refractivity contribution in [3.63, 3.8) is 0 Å². The molecule has 2 unspecified atom stereocenters. The van der Waals surface area contributed by atoms with Crippen molar-refractivity contribution >= 4 is 44.1 Å². The number of primary amides is 1. The highest BCUT2D eigenvalue weighted by Crippen LogP contribution is 2.36. The zero-order valence-corrected chi connectivity index (χ0v) is 20.5. The Hall–Kier alpha value is -2.41. The first-order valence-electron chi connectivity index (χ1n) is 9.35. The summed E-state index contributed by atoms with van der Waals surface area (Å²) in [5.74, 6) is -2.25. The Balaban J connectivity index is 2.14. The molecule has 0 aliphatic carbocycles. The van der Waals surface area contributed by atoms with Crippen LogP contribution in [-0.4, -0.2) is 24.5 Å². The normalized spacial score (nSPS) is 13.7. The number of nitrogens with one attached hydrogen (secondary N) is 2. The lowest BCUT2D eigenvalue weighted by atomic mass is 9.88. The van der Waals surface area contributed by atoms with Gasteiger partial charge >= 0.3 is 0 Å². The van der Waals surface area contributed by atoms with Crippen molar-refractivity contribution in [3.05, 3.63) is 73.6 Å². The second-order valence-corrected chi connectivity index (χ2v) is 10.2. The molecule has 3 aromatic rings. The average molecular weight is 543 g/mol. The summed E-state index contributed by atoms with van der Waals surface area (Å²) in [6.45, 7) is 5.21. The molecule has 3 rings (SSSR count). The number of H-pyrrole nitrogens is 1. The van der Waals surface area contributed by atoms with Crippen molar-refractivity contribution in [2.24, 2.45) is 5.73 Å². The lowest BCUT2D eigenvalue weighted by molar-refractivity contribution is 0.0997. The Kier molecular flexibility index (Phi) is 6.98. The minimum Gasteiger partial charge on any atom is -0.412 e. The monoisotopic (exact) mass is 542 g/mol. The van der Waals surface area contributed by atoms with Gasteiger partial charge in [0.05, 0.1) is 10.5 Å². The van der Waals surface area contributed by atoms with E-state index < -0.39 is 33.7 Å². The lowest BCUT2D eigenvalue weighted by Crippen LogP contribution is -2.34. The van der Waals surface area contributed by atoms with E-state index in [4.69, 9.17) is 22.4 Å². The lowest BCUT2D eigenvalue weighted by Gasteiger charge is -2.25. The highest BCUT2D eigenvalue weighted by molar-refractivity contribution is 9.10. The third-order valence-corrected chi connectivity index (χ3v) is 7.35.